The van der Waals surface area contributed by atoms with E-state index in [1.54, 1.807) is 0 Å². The van der Waals surface area contributed by atoms with Crippen LogP contribution in [-0.2, 0) is 15.5 Å². The summed E-state index contributed by atoms with van der Waals surface area (Å²) in [4.78, 5) is 2.22. The first kappa shape index (κ1) is 42.1. The van der Waals surface area contributed by atoms with Gasteiger partial charge in [0.2, 0.25) is 0 Å². The van der Waals surface area contributed by atoms with E-state index in [1.807, 2.05) is 42.5 Å². The van der Waals surface area contributed by atoms with Crippen molar-refractivity contribution in [2.75, 3.05) is 4.90 Å². The molecule has 0 N–H and O–H groups in total. The Kier molecular flexibility index (Phi) is 11.3. The lowest BCUT2D eigenvalue weighted by Crippen LogP contribution is -2.28. The quantitative estimate of drug-likeness (QED) is 0.113. The van der Waals surface area contributed by atoms with Crippen LogP contribution in [0.2, 0.25) is 0 Å². The molecule has 0 saturated heterocycles. The minimum atomic E-state index is -5.77. The molecular weight excluding hydrogens is 800 g/mol. The van der Waals surface area contributed by atoms with Crippen LogP contribution in [0.1, 0.15) is 45.7 Å². The van der Waals surface area contributed by atoms with Gasteiger partial charge in [0.15, 0.2) is 0 Å². The summed E-state index contributed by atoms with van der Waals surface area (Å²) in [7, 11) is -5.77. The van der Waals surface area contributed by atoms with Gasteiger partial charge in [0, 0.05) is 22.5 Å². The van der Waals surface area contributed by atoms with Crippen LogP contribution in [0.25, 0.3) is 55.3 Å². The predicted molar refractivity (Wildman–Crippen MR) is 249 cm³/mol. The zero-order valence-electron chi connectivity index (χ0n) is 35.1. The molecule has 1 aliphatic rings. The Hall–Kier alpha value is -6.64. The Morgan fingerprint density at radius 3 is 1.47 bits per heavy atom. The molecule has 0 saturated carbocycles. The molecule has 0 atom stereocenters. The molecule has 8 aromatic rings. The number of rotatable bonds is 8. The lowest BCUT2D eigenvalue weighted by molar-refractivity contribution is -0.0500. The van der Waals surface area contributed by atoms with Crippen molar-refractivity contribution in [3.63, 3.8) is 0 Å². The van der Waals surface area contributed by atoms with Gasteiger partial charge in [-0.3, -0.25) is 0 Å². The molecule has 1 aliphatic carbocycles. The third kappa shape index (κ3) is 8.48. The first-order valence-corrected chi connectivity index (χ1v) is 22.0. The summed E-state index contributed by atoms with van der Waals surface area (Å²) in [5.41, 5.74) is 8.06. The normalized spacial score (nSPS) is 12.9. The zero-order chi connectivity index (χ0) is 43.8. The average Bonchev–Trinajstić information content (AvgIpc) is 3.48. The molecule has 0 unspecified atom stereocenters. The van der Waals surface area contributed by atoms with Crippen LogP contribution in [0.5, 0.6) is 5.75 Å². The van der Waals surface area contributed by atoms with Crippen molar-refractivity contribution in [3.05, 3.63) is 193 Å². The molecule has 0 bridgehead atoms. The summed E-state index contributed by atoms with van der Waals surface area (Å²) in [5.74, 6) is 0.411. The number of nitrogens with zero attached hydrogens (tertiary/aromatic N) is 1. The monoisotopic (exact) mass is 845 g/mol. The maximum absolute atomic E-state index is 12.9. The van der Waals surface area contributed by atoms with Crippen LogP contribution in [0.3, 0.4) is 0 Å². The molecule has 312 valence electrons. The summed E-state index contributed by atoms with van der Waals surface area (Å²) in [6.07, 6.45) is 0. The minimum Gasteiger partial charge on any atom is -0.376 e. The van der Waals surface area contributed by atoms with Gasteiger partial charge >= 0.3 is 15.6 Å². The van der Waals surface area contributed by atoms with E-state index in [0.29, 0.717) is 5.56 Å². The topological polar surface area (TPSA) is 46.6 Å². The summed E-state index contributed by atoms with van der Waals surface area (Å²) in [6.45, 7) is 11.1. The van der Waals surface area contributed by atoms with Gasteiger partial charge in [-0.2, -0.15) is 21.6 Å². The largest absolute Gasteiger partial charge is 0.534 e. The van der Waals surface area contributed by atoms with Gasteiger partial charge in [-0.25, -0.2) is 0 Å². The first-order valence-electron chi connectivity index (χ1n) is 20.5. The van der Waals surface area contributed by atoms with E-state index in [2.05, 4.69) is 159 Å². The second kappa shape index (κ2) is 16.7. The fourth-order valence-electron chi connectivity index (χ4n) is 7.97. The molecule has 0 radical (unpaired) electrons. The van der Waals surface area contributed by atoms with Crippen molar-refractivity contribution in [3.8, 4) is 50.3 Å². The Morgan fingerprint density at radius 2 is 0.903 bits per heavy atom. The predicted octanol–water partition coefficient (Wildman–Crippen LogP) is 15.5. The molecule has 0 amide bonds. The van der Waals surface area contributed by atoms with Crippen molar-refractivity contribution in [1.82, 2.24) is 0 Å². The maximum Gasteiger partial charge on any atom is 0.534 e. The van der Waals surface area contributed by atoms with E-state index >= 15 is 0 Å². The average molecular weight is 846 g/mol. The highest BCUT2D eigenvalue weighted by atomic mass is 32.2. The molecule has 0 fully saturated rings. The van der Waals surface area contributed by atoms with Crippen LogP contribution in [0.15, 0.2) is 182 Å². The fraction of sp³-hybridized carbons (Fsp3) is 0.148. The molecule has 8 heteroatoms. The van der Waals surface area contributed by atoms with Gasteiger partial charge in [0.05, 0.1) is 0 Å². The Balaban J connectivity index is 0.00000127. The number of hydrogen-bond acceptors (Lipinski definition) is 4. The molecule has 0 aromatic heterocycles. The first-order chi connectivity index (χ1) is 29.6. The van der Waals surface area contributed by atoms with Crippen molar-refractivity contribution >= 4 is 38.0 Å². The van der Waals surface area contributed by atoms with Crippen LogP contribution in [0, 0.1) is 5.92 Å². The van der Waals surface area contributed by atoms with Gasteiger partial charge in [0.25, 0.3) is 0 Å². The molecule has 9 rings (SSSR count). The third-order valence-corrected chi connectivity index (χ3v) is 12.0. The minimum absolute atomic E-state index is 0.282. The SMILES string of the molecule is CC(C)C.CC1(C)c2cc(-c3ccc4ccccc4c3)ccc2-c2ccc(N(c3ccc(-c4ccccc4)cc3)c3ccc(-c4ccc(OS(=O)(=O)C(F)(F)F)cc4)cc3)cc21. The number of anilines is 3. The lowest BCUT2D eigenvalue weighted by atomic mass is 9.81. The maximum atomic E-state index is 12.9. The van der Waals surface area contributed by atoms with Crippen molar-refractivity contribution < 1.29 is 25.8 Å². The molecule has 62 heavy (non-hydrogen) atoms. The van der Waals surface area contributed by atoms with Gasteiger partial charge in [-0.1, -0.05) is 156 Å². The number of alkyl halides is 3. The highest BCUT2D eigenvalue weighted by molar-refractivity contribution is 7.88. The van der Waals surface area contributed by atoms with Gasteiger partial charge in [0.1, 0.15) is 5.75 Å². The van der Waals surface area contributed by atoms with Crippen LogP contribution >= 0.6 is 0 Å². The van der Waals surface area contributed by atoms with E-state index in [4.69, 9.17) is 0 Å². The second-order valence-corrected chi connectivity index (χ2v) is 18.2. The number of benzene rings is 8. The summed E-state index contributed by atoms with van der Waals surface area (Å²) in [6, 6.07) is 60.6. The lowest BCUT2D eigenvalue weighted by Gasteiger charge is -2.28. The van der Waals surface area contributed by atoms with E-state index in [9.17, 15) is 21.6 Å². The fourth-order valence-corrected chi connectivity index (χ4v) is 8.43. The second-order valence-electron chi connectivity index (χ2n) is 16.7. The van der Waals surface area contributed by atoms with E-state index in [0.717, 1.165) is 39.7 Å². The van der Waals surface area contributed by atoms with Gasteiger partial charge < -0.3 is 9.08 Å². The molecule has 4 nitrogen and oxygen atoms in total. The third-order valence-electron chi connectivity index (χ3n) is 11.0. The van der Waals surface area contributed by atoms with Crippen LogP contribution < -0.4 is 9.08 Å². The number of hydrogen-bond donors (Lipinski definition) is 0. The smallest absolute Gasteiger partial charge is 0.376 e. The Labute approximate surface area is 362 Å². The standard InChI is InChI=1S/C50H36F3NO3S.C4H10/c1-49(2)47-31-40(39-13-12-34-10-6-7-11-38(34)30-39)20-28-45(47)46-29-25-43(32-48(46)49)54(41-21-14-35(15-22-41)33-8-4-3-5-9-33)42-23-16-36(17-24-42)37-18-26-44(27-19-37)57-58(55,56)50(51,52)53;1-4(2)3/h3-32H,1-2H3;4H,1-3H3. The molecule has 0 heterocycles. The highest BCUT2D eigenvalue weighted by Gasteiger charge is 2.48. The van der Waals surface area contributed by atoms with Crippen LogP contribution in [-0.4, -0.2) is 13.9 Å². The van der Waals surface area contributed by atoms with E-state index in [1.165, 1.54) is 68.4 Å². The van der Waals surface area contributed by atoms with Crippen LogP contribution in [0.4, 0.5) is 30.2 Å². The van der Waals surface area contributed by atoms with E-state index < -0.39 is 21.4 Å². The van der Waals surface area contributed by atoms with Gasteiger partial charge in [-0.15, -0.1) is 0 Å². The van der Waals surface area contributed by atoms with Crippen molar-refractivity contribution in [1.29, 1.82) is 0 Å². The summed E-state index contributed by atoms with van der Waals surface area (Å²) < 4.78 is 65.9. The van der Waals surface area contributed by atoms with E-state index in [-0.39, 0.29) is 5.41 Å². The number of halogens is 3. The van der Waals surface area contributed by atoms with Crippen molar-refractivity contribution in [2.45, 2.75) is 45.5 Å². The van der Waals surface area contributed by atoms with Crippen molar-refractivity contribution in [2.24, 2.45) is 5.92 Å². The highest BCUT2D eigenvalue weighted by Crippen LogP contribution is 2.52. The summed E-state index contributed by atoms with van der Waals surface area (Å²) >= 11 is 0. The Morgan fingerprint density at radius 1 is 0.484 bits per heavy atom. The Bertz CT molecular complexity index is 2980. The molecule has 0 spiro atoms. The number of fused-ring (bicyclic) bond motifs is 4. The van der Waals surface area contributed by atoms with Gasteiger partial charge in [-0.05, 0) is 133 Å². The molecule has 0 aliphatic heterocycles. The molecule has 8 aromatic carbocycles. The zero-order valence-corrected chi connectivity index (χ0v) is 35.9. The summed E-state index contributed by atoms with van der Waals surface area (Å²) in [5, 5.41) is 2.43. The molecular formula is C54H46F3NO3S.